The molecule has 0 atom stereocenters. The Kier molecular flexibility index (Phi) is 3.79. The molecule has 0 aliphatic carbocycles. The van der Waals surface area contributed by atoms with Crippen LogP contribution in [0.3, 0.4) is 0 Å². The van der Waals surface area contributed by atoms with Crippen molar-refractivity contribution in [3.8, 4) is 0 Å². The fraction of sp³-hybridized carbons (Fsp3) is 0.300. The van der Waals surface area contributed by atoms with Crippen molar-refractivity contribution in [3.05, 3.63) is 24.0 Å². The summed E-state index contributed by atoms with van der Waals surface area (Å²) in [6, 6.07) is 4.00. The predicted octanol–water partition coefficient (Wildman–Crippen LogP) is 1.38. The Morgan fingerprint density at radius 2 is 2.29 bits per heavy atom. The van der Waals surface area contributed by atoms with Crippen LogP contribution in [0.4, 0.5) is 5.69 Å². The maximum absolute atomic E-state index is 4.28. The van der Waals surface area contributed by atoms with Crippen LogP contribution in [0.15, 0.2) is 28.5 Å². The zero-order chi connectivity index (χ0) is 10.4. The maximum atomic E-state index is 4.28. The summed E-state index contributed by atoms with van der Waals surface area (Å²) < 4.78 is 0. The highest BCUT2D eigenvalue weighted by Crippen LogP contribution is 2.08. The van der Waals surface area contributed by atoms with E-state index < -0.39 is 0 Å². The molecular formula is C10H14N4. The van der Waals surface area contributed by atoms with Gasteiger partial charge in [-0.3, -0.25) is 4.98 Å². The highest BCUT2D eigenvalue weighted by molar-refractivity contribution is 5.61. The first-order chi connectivity index (χ1) is 6.74. The molecule has 1 aromatic rings. The molecular weight excluding hydrogens is 176 g/mol. The van der Waals surface area contributed by atoms with Crippen molar-refractivity contribution in [3.63, 3.8) is 0 Å². The summed E-state index contributed by atoms with van der Waals surface area (Å²) in [6.07, 6.45) is 4.21. The third kappa shape index (κ3) is 2.97. The molecule has 0 amide bonds. The van der Waals surface area contributed by atoms with Gasteiger partial charge in [-0.05, 0) is 12.1 Å². The van der Waals surface area contributed by atoms with Gasteiger partial charge in [0.15, 0.2) is 0 Å². The van der Waals surface area contributed by atoms with E-state index in [-0.39, 0.29) is 0 Å². The van der Waals surface area contributed by atoms with Gasteiger partial charge >= 0.3 is 0 Å². The predicted molar refractivity (Wildman–Crippen MR) is 60.3 cm³/mol. The zero-order valence-corrected chi connectivity index (χ0v) is 8.51. The van der Waals surface area contributed by atoms with Crippen molar-refractivity contribution in [1.29, 1.82) is 0 Å². The number of aromatic nitrogens is 1. The molecule has 0 aliphatic rings. The van der Waals surface area contributed by atoms with Crippen LogP contribution in [0.1, 0.15) is 5.69 Å². The van der Waals surface area contributed by atoms with Crippen molar-refractivity contribution < 1.29 is 0 Å². The van der Waals surface area contributed by atoms with E-state index in [1.54, 1.807) is 6.21 Å². The fourth-order valence-electron chi connectivity index (χ4n) is 0.994. The summed E-state index contributed by atoms with van der Waals surface area (Å²) >= 11 is 0. The molecule has 0 unspecified atom stereocenters. The van der Waals surface area contributed by atoms with Gasteiger partial charge in [-0.1, -0.05) is 0 Å². The van der Waals surface area contributed by atoms with Crippen LogP contribution in [-0.2, 0) is 6.42 Å². The third-order valence-corrected chi connectivity index (χ3v) is 1.79. The lowest BCUT2D eigenvalue weighted by Crippen LogP contribution is -2.09. The van der Waals surface area contributed by atoms with Gasteiger partial charge in [0.25, 0.3) is 0 Å². The SMILES string of the molecule is C=N/N=C/Cc1ccc(N(C)C)cn1. The van der Waals surface area contributed by atoms with Gasteiger partial charge in [0.2, 0.25) is 0 Å². The Hall–Kier alpha value is -1.71. The first-order valence-corrected chi connectivity index (χ1v) is 4.34. The van der Waals surface area contributed by atoms with Crippen molar-refractivity contribution in [2.45, 2.75) is 6.42 Å². The summed E-state index contributed by atoms with van der Waals surface area (Å²) in [5.74, 6) is 0. The summed E-state index contributed by atoms with van der Waals surface area (Å²) in [6.45, 7) is 3.25. The van der Waals surface area contributed by atoms with E-state index in [1.807, 2.05) is 37.3 Å². The van der Waals surface area contributed by atoms with Crippen LogP contribution in [0.25, 0.3) is 0 Å². The van der Waals surface area contributed by atoms with E-state index in [0.29, 0.717) is 6.42 Å². The van der Waals surface area contributed by atoms with E-state index in [2.05, 4.69) is 21.9 Å². The lowest BCUT2D eigenvalue weighted by Gasteiger charge is -2.11. The molecule has 0 N–H and O–H groups in total. The summed E-state index contributed by atoms with van der Waals surface area (Å²) in [5, 5.41) is 7.04. The van der Waals surface area contributed by atoms with Crippen molar-refractivity contribution in [2.75, 3.05) is 19.0 Å². The average molecular weight is 190 g/mol. The molecule has 0 saturated carbocycles. The minimum atomic E-state index is 0.687. The normalized spacial score (nSPS) is 10.4. The van der Waals surface area contributed by atoms with Crippen LogP contribution in [0, 0.1) is 0 Å². The molecule has 0 saturated heterocycles. The number of anilines is 1. The van der Waals surface area contributed by atoms with Crippen LogP contribution in [0.5, 0.6) is 0 Å². The average Bonchev–Trinajstić information content (AvgIpc) is 2.19. The molecule has 0 aliphatic heterocycles. The molecule has 14 heavy (non-hydrogen) atoms. The van der Waals surface area contributed by atoms with Crippen molar-refractivity contribution in [1.82, 2.24) is 4.98 Å². The third-order valence-electron chi connectivity index (χ3n) is 1.79. The van der Waals surface area contributed by atoms with Crippen LogP contribution in [-0.4, -0.2) is 32.0 Å². The largest absolute Gasteiger partial charge is 0.376 e. The number of pyridine rings is 1. The molecule has 4 heteroatoms. The molecule has 1 rings (SSSR count). The Labute approximate surface area is 84.0 Å². The Bertz CT molecular complexity index is 313. The van der Waals surface area contributed by atoms with Crippen molar-refractivity contribution >= 4 is 18.6 Å². The Balaban J connectivity index is 2.64. The minimum Gasteiger partial charge on any atom is -0.376 e. The molecule has 0 bridgehead atoms. The van der Waals surface area contributed by atoms with E-state index in [0.717, 1.165) is 11.4 Å². The van der Waals surface area contributed by atoms with Crippen LogP contribution < -0.4 is 4.90 Å². The number of rotatable bonds is 4. The molecule has 0 spiro atoms. The first-order valence-electron chi connectivity index (χ1n) is 4.34. The summed E-state index contributed by atoms with van der Waals surface area (Å²) in [4.78, 5) is 6.29. The highest BCUT2D eigenvalue weighted by atomic mass is 15.2. The number of hydrogen-bond acceptors (Lipinski definition) is 4. The molecule has 74 valence electrons. The standard InChI is InChI=1S/C10H14N4/c1-11-13-7-6-9-4-5-10(8-12-9)14(2)3/h4-5,7-8H,1,6H2,2-3H3/b13-7+. The van der Waals surface area contributed by atoms with Gasteiger partial charge in [-0.15, -0.1) is 0 Å². The van der Waals surface area contributed by atoms with Crippen molar-refractivity contribution in [2.24, 2.45) is 10.2 Å². The molecule has 1 aromatic heterocycles. The zero-order valence-electron chi connectivity index (χ0n) is 8.51. The number of nitrogens with zero attached hydrogens (tertiary/aromatic N) is 4. The van der Waals surface area contributed by atoms with E-state index in [4.69, 9.17) is 0 Å². The summed E-state index contributed by atoms with van der Waals surface area (Å²) in [5.41, 5.74) is 2.07. The van der Waals surface area contributed by atoms with Gasteiger partial charge < -0.3 is 4.90 Å². The van der Waals surface area contributed by atoms with Gasteiger partial charge in [0.1, 0.15) is 0 Å². The highest BCUT2D eigenvalue weighted by Gasteiger charge is 1.95. The quantitative estimate of drug-likeness (QED) is 0.531. The second-order valence-electron chi connectivity index (χ2n) is 3.05. The molecule has 1 heterocycles. The van der Waals surface area contributed by atoms with E-state index in [9.17, 15) is 0 Å². The van der Waals surface area contributed by atoms with E-state index in [1.165, 1.54) is 0 Å². The second kappa shape index (κ2) is 5.11. The Morgan fingerprint density at radius 3 is 2.79 bits per heavy atom. The monoisotopic (exact) mass is 190 g/mol. The smallest absolute Gasteiger partial charge is 0.0547 e. The first kappa shape index (κ1) is 10.4. The van der Waals surface area contributed by atoms with Gasteiger partial charge in [0.05, 0.1) is 11.9 Å². The molecule has 0 fully saturated rings. The lowest BCUT2D eigenvalue weighted by atomic mass is 10.3. The van der Waals surface area contributed by atoms with Crippen LogP contribution >= 0.6 is 0 Å². The maximum Gasteiger partial charge on any atom is 0.0547 e. The number of hydrogen-bond donors (Lipinski definition) is 0. The summed E-state index contributed by atoms with van der Waals surface area (Å²) in [7, 11) is 3.97. The topological polar surface area (TPSA) is 40.9 Å². The van der Waals surface area contributed by atoms with Gasteiger partial charge in [0, 0.05) is 39.1 Å². The van der Waals surface area contributed by atoms with Gasteiger partial charge in [-0.25, -0.2) is 0 Å². The Morgan fingerprint density at radius 1 is 1.50 bits per heavy atom. The van der Waals surface area contributed by atoms with Crippen LogP contribution in [0.2, 0.25) is 0 Å². The minimum absolute atomic E-state index is 0.687. The van der Waals surface area contributed by atoms with E-state index >= 15 is 0 Å². The lowest BCUT2D eigenvalue weighted by molar-refractivity contribution is 1.08. The second-order valence-corrected chi connectivity index (χ2v) is 3.05. The molecule has 0 radical (unpaired) electrons. The molecule has 4 nitrogen and oxygen atoms in total. The fourth-order valence-corrected chi connectivity index (χ4v) is 0.994. The van der Waals surface area contributed by atoms with Gasteiger partial charge in [-0.2, -0.15) is 10.2 Å². The molecule has 0 aromatic carbocycles.